The predicted octanol–water partition coefficient (Wildman–Crippen LogP) is 2.41. The first-order valence-corrected chi connectivity index (χ1v) is 8.87. The number of hydrogen-bond donors (Lipinski definition) is 1. The van der Waals surface area contributed by atoms with Crippen LogP contribution in [0.5, 0.6) is 0 Å². The van der Waals surface area contributed by atoms with Gasteiger partial charge in [0, 0.05) is 42.2 Å². The Hall–Kier alpha value is -2.24. The summed E-state index contributed by atoms with van der Waals surface area (Å²) in [6, 6.07) is 1.97. The molecular formula is C18H23N5O. The molecule has 1 aliphatic heterocycles. The number of hydrogen-bond acceptors (Lipinski definition) is 4. The van der Waals surface area contributed by atoms with E-state index in [0.29, 0.717) is 11.6 Å². The van der Waals surface area contributed by atoms with Crippen molar-refractivity contribution in [2.24, 2.45) is 0 Å². The fourth-order valence-corrected chi connectivity index (χ4v) is 3.91. The molecule has 1 N–H and O–H groups in total. The number of rotatable bonds is 2. The summed E-state index contributed by atoms with van der Waals surface area (Å²) in [6.45, 7) is 3.43. The third-order valence-corrected chi connectivity index (χ3v) is 5.18. The van der Waals surface area contributed by atoms with Crippen LogP contribution in [0.25, 0.3) is 0 Å². The van der Waals surface area contributed by atoms with Gasteiger partial charge in [-0.1, -0.05) is 0 Å². The number of piperidine rings is 1. The molecule has 1 saturated heterocycles. The maximum atomic E-state index is 13.0. The highest BCUT2D eigenvalue weighted by atomic mass is 16.2. The largest absolute Gasteiger partial charge is 0.337 e. The van der Waals surface area contributed by atoms with Crippen LogP contribution in [0.2, 0.25) is 0 Å². The first-order valence-electron chi connectivity index (χ1n) is 8.87. The topological polar surface area (TPSA) is 74.8 Å². The van der Waals surface area contributed by atoms with Gasteiger partial charge in [0.05, 0.1) is 0 Å². The third-order valence-electron chi connectivity index (χ3n) is 5.18. The van der Waals surface area contributed by atoms with E-state index < -0.39 is 0 Å². The van der Waals surface area contributed by atoms with E-state index in [1.165, 1.54) is 6.42 Å². The first kappa shape index (κ1) is 15.3. The van der Waals surface area contributed by atoms with E-state index in [2.05, 4.69) is 20.2 Å². The summed E-state index contributed by atoms with van der Waals surface area (Å²) < 4.78 is 0. The molecule has 6 nitrogen and oxygen atoms in total. The van der Waals surface area contributed by atoms with Crippen LogP contribution in [0.4, 0.5) is 0 Å². The Morgan fingerprint density at radius 2 is 2.17 bits per heavy atom. The molecule has 0 aromatic carbocycles. The average Bonchev–Trinajstić information content (AvgIpc) is 3.05. The van der Waals surface area contributed by atoms with Gasteiger partial charge in [0.1, 0.15) is 5.82 Å². The van der Waals surface area contributed by atoms with Crippen molar-refractivity contribution in [2.75, 3.05) is 13.1 Å². The Balaban J connectivity index is 1.54. The summed E-state index contributed by atoms with van der Waals surface area (Å²) in [6.07, 6.45) is 8.19. The van der Waals surface area contributed by atoms with Crippen LogP contribution in [0, 0.1) is 6.92 Å². The zero-order chi connectivity index (χ0) is 16.5. The molecular weight excluding hydrogens is 302 g/mol. The molecule has 0 bridgehead atoms. The van der Waals surface area contributed by atoms with E-state index >= 15 is 0 Å². The first-order chi connectivity index (χ1) is 11.7. The second kappa shape index (κ2) is 6.34. The summed E-state index contributed by atoms with van der Waals surface area (Å²) in [5, 5.41) is 7.42. The minimum atomic E-state index is 0.0740. The lowest BCUT2D eigenvalue weighted by molar-refractivity contribution is 0.0698. The molecule has 4 rings (SSSR count). The van der Waals surface area contributed by atoms with E-state index in [0.717, 1.165) is 68.0 Å². The van der Waals surface area contributed by atoms with E-state index in [4.69, 9.17) is 0 Å². The van der Waals surface area contributed by atoms with E-state index in [-0.39, 0.29) is 5.91 Å². The van der Waals surface area contributed by atoms with E-state index in [1.54, 1.807) is 0 Å². The van der Waals surface area contributed by atoms with E-state index in [1.807, 2.05) is 24.1 Å². The van der Waals surface area contributed by atoms with Crippen LogP contribution < -0.4 is 0 Å². The Kier molecular flexibility index (Phi) is 4.04. The summed E-state index contributed by atoms with van der Waals surface area (Å²) in [5.74, 6) is 1.15. The number of likely N-dealkylation sites (tertiary alicyclic amines) is 1. The molecule has 2 aromatic rings. The number of nitrogens with one attached hydrogen (secondary N) is 1. The van der Waals surface area contributed by atoms with E-state index in [9.17, 15) is 4.79 Å². The fourth-order valence-electron chi connectivity index (χ4n) is 3.91. The number of aromatic amines is 1. The molecule has 3 heterocycles. The van der Waals surface area contributed by atoms with Crippen molar-refractivity contribution in [3.8, 4) is 0 Å². The lowest BCUT2D eigenvalue weighted by Crippen LogP contribution is -2.40. The Bertz CT molecular complexity index is 754. The van der Waals surface area contributed by atoms with Gasteiger partial charge in [0.15, 0.2) is 5.69 Å². The highest BCUT2D eigenvalue weighted by Gasteiger charge is 2.30. The molecule has 126 valence electrons. The maximum Gasteiger partial charge on any atom is 0.274 e. The molecule has 24 heavy (non-hydrogen) atoms. The number of fused-ring (bicyclic) bond motifs is 1. The molecule has 0 saturated carbocycles. The van der Waals surface area contributed by atoms with Gasteiger partial charge in [-0.25, -0.2) is 9.97 Å². The highest BCUT2D eigenvalue weighted by molar-refractivity contribution is 5.94. The Morgan fingerprint density at radius 1 is 1.29 bits per heavy atom. The van der Waals surface area contributed by atoms with Gasteiger partial charge in [-0.2, -0.15) is 5.10 Å². The van der Waals surface area contributed by atoms with Crippen LogP contribution in [0.15, 0.2) is 12.3 Å². The number of carbonyl (C=O) groups is 1. The van der Waals surface area contributed by atoms with Crippen LogP contribution >= 0.6 is 0 Å². The lowest BCUT2D eigenvalue weighted by Gasteiger charge is -2.32. The number of aromatic nitrogens is 4. The molecule has 1 fully saturated rings. The molecule has 2 aromatic heterocycles. The zero-order valence-electron chi connectivity index (χ0n) is 14.1. The maximum absolute atomic E-state index is 13.0. The van der Waals surface area contributed by atoms with Gasteiger partial charge < -0.3 is 4.90 Å². The summed E-state index contributed by atoms with van der Waals surface area (Å²) in [5.41, 5.74) is 3.99. The Labute approximate surface area is 141 Å². The van der Waals surface area contributed by atoms with Gasteiger partial charge >= 0.3 is 0 Å². The molecule has 0 radical (unpaired) electrons. The van der Waals surface area contributed by atoms with Gasteiger partial charge in [0.2, 0.25) is 0 Å². The molecule has 1 aliphatic carbocycles. The number of H-pyrrole nitrogens is 1. The van der Waals surface area contributed by atoms with Gasteiger partial charge in [-0.05, 0) is 51.5 Å². The van der Waals surface area contributed by atoms with Gasteiger partial charge in [-0.15, -0.1) is 0 Å². The predicted molar refractivity (Wildman–Crippen MR) is 89.9 cm³/mol. The number of aryl methyl sites for hydroxylation is 2. The van der Waals surface area contributed by atoms with Crippen molar-refractivity contribution in [3.63, 3.8) is 0 Å². The average molecular weight is 325 g/mol. The lowest BCUT2D eigenvalue weighted by atomic mass is 9.93. The van der Waals surface area contributed by atoms with Crippen molar-refractivity contribution in [1.29, 1.82) is 0 Å². The quantitative estimate of drug-likeness (QED) is 0.920. The molecule has 6 heteroatoms. The standard InChI is InChI=1S/C18H23N5O/c1-12-19-9-8-15(20-12)13-5-4-10-23(11-13)18(24)17-14-6-2-3-7-16(14)21-22-17/h8-9,13H,2-7,10-11H2,1H3,(H,21,22)/t13-/m0/s1. The molecule has 2 aliphatic rings. The SMILES string of the molecule is Cc1nccc([C@H]2CCCN(C(=O)c3n[nH]c4c3CCCC4)C2)n1. The number of carbonyl (C=O) groups excluding carboxylic acids is 1. The van der Waals surface area contributed by atoms with Gasteiger partial charge in [-0.3, -0.25) is 9.89 Å². The summed E-state index contributed by atoms with van der Waals surface area (Å²) in [7, 11) is 0. The minimum absolute atomic E-state index is 0.0740. The van der Waals surface area contributed by atoms with Crippen LogP contribution in [-0.2, 0) is 12.8 Å². The highest BCUT2D eigenvalue weighted by Crippen LogP contribution is 2.28. The Morgan fingerprint density at radius 3 is 3.04 bits per heavy atom. The van der Waals surface area contributed by atoms with Crippen LogP contribution in [-0.4, -0.2) is 44.1 Å². The second-order valence-electron chi connectivity index (χ2n) is 6.86. The minimum Gasteiger partial charge on any atom is -0.337 e. The van der Waals surface area contributed by atoms with Gasteiger partial charge in [0.25, 0.3) is 5.91 Å². The van der Waals surface area contributed by atoms with Crippen LogP contribution in [0.1, 0.15) is 64.9 Å². The second-order valence-corrected chi connectivity index (χ2v) is 6.86. The van der Waals surface area contributed by atoms with Crippen molar-refractivity contribution in [2.45, 2.75) is 51.4 Å². The molecule has 1 amide bonds. The molecule has 1 atom stereocenters. The monoisotopic (exact) mass is 325 g/mol. The van der Waals surface area contributed by atoms with Crippen LogP contribution in [0.3, 0.4) is 0 Å². The summed E-state index contributed by atoms with van der Waals surface area (Å²) >= 11 is 0. The normalized spacial score (nSPS) is 20.7. The van der Waals surface area contributed by atoms with Crippen molar-refractivity contribution >= 4 is 5.91 Å². The summed E-state index contributed by atoms with van der Waals surface area (Å²) in [4.78, 5) is 23.7. The van der Waals surface area contributed by atoms with Crippen molar-refractivity contribution in [1.82, 2.24) is 25.1 Å². The fraction of sp³-hybridized carbons (Fsp3) is 0.556. The molecule has 0 spiro atoms. The zero-order valence-corrected chi connectivity index (χ0v) is 14.1. The number of amides is 1. The smallest absolute Gasteiger partial charge is 0.274 e. The van der Waals surface area contributed by atoms with Crippen molar-refractivity contribution in [3.05, 3.63) is 40.7 Å². The molecule has 0 unspecified atom stereocenters. The van der Waals surface area contributed by atoms with Crippen molar-refractivity contribution < 1.29 is 4.79 Å². The third kappa shape index (κ3) is 2.81. The number of nitrogens with zero attached hydrogens (tertiary/aromatic N) is 4.